The fourth-order valence-electron chi connectivity index (χ4n) is 1.77. The van der Waals surface area contributed by atoms with Crippen LogP contribution in [0.15, 0.2) is 28.9 Å². The van der Waals surface area contributed by atoms with Crippen molar-refractivity contribution in [1.82, 2.24) is 9.55 Å². The molecule has 0 radical (unpaired) electrons. The first kappa shape index (κ1) is 16.8. The number of fused-ring (bicyclic) bond motifs is 1. The fourth-order valence-corrected chi connectivity index (χ4v) is 2.29. The Hall–Kier alpha value is -1.54. The second-order valence-corrected chi connectivity index (χ2v) is 7.76. The van der Waals surface area contributed by atoms with Gasteiger partial charge in [-0.25, -0.2) is 0 Å². The molecule has 0 bridgehead atoms. The van der Waals surface area contributed by atoms with Crippen LogP contribution >= 0.6 is 0 Å². The van der Waals surface area contributed by atoms with Crippen LogP contribution in [0, 0.1) is 0 Å². The van der Waals surface area contributed by atoms with Gasteiger partial charge in [0.05, 0.1) is 17.4 Å². The largest absolute Gasteiger partial charge is 0.591 e. The van der Waals surface area contributed by atoms with Crippen molar-refractivity contribution < 1.29 is 17.7 Å². The van der Waals surface area contributed by atoms with E-state index in [9.17, 15) is 17.7 Å². The summed E-state index contributed by atoms with van der Waals surface area (Å²) in [4.78, 5) is 4.05. The van der Waals surface area contributed by atoms with Gasteiger partial charge < -0.3 is 9.12 Å². The number of halogens is 3. The molecule has 2 rings (SSSR count). The first-order valence-corrected chi connectivity index (χ1v) is 7.65. The van der Waals surface area contributed by atoms with Gasteiger partial charge in [0.15, 0.2) is 0 Å². The van der Waals surface area contributed by atoms with Crippen LogP contribution in [0.1, 0.15) is 26.5 Å². The first-order chi connectivity index (χ1) is 10.1. The number of rotatable bonds is 3. The molecule has 2 aromatic heterocycles. The minimum absolute atomic E-state index is 0.395. The Bertz CT molecular complexity index is 689. The molecule has 0 fully saturated rings. The van der Waals surface area contributed by atoms with Gasteiger partial charge in [0.25, 0.3) is 0 Å². The molecule has 0 N–H and O–H groups in total. The van der Waals surface area contributed by atoms with Crippen molar-refractivity contribution in [2.45, 2.75) is 38.2 Å². The summed E-state index contributed by atoms with van der Waals surface area (Å²) < 4.78 is 53.7. The zero-order chi connectivity index (χ0) is 16.5. The standard InChI is InChI=1S/C14H16F3N3OS/c1-13(2,3)22(21)19-7-11-6-10-4-5-20(9-14(15,16)17)12(10)8-18-11/h4-8H,9H2,1-3H3/b19-7+/t22-/m1/s1. The first-order valence-electron chi connectivity index (χ1n) is 6.54. The quantitative estimate of drug-likeness (QED) is 0.639. The molecule has 1 atom stereocenters. The average Bonchev–Trinajstić information content (AvgIpc) is 2.75. The Labute approximate surface area is 129 Å². The second-order valence-electron chi connectivity index (χ2n) is 5.82. The Kier molecular flexibility index (Phi) is 4.53. The molecule has 22 heavy (non-hydrogen) atoms. The van der Waals surface area contributed by atoms with Gasteiger partial charge in [-0.15, -0.1) is 0 Å². The van der Waals surface area contributed by atoms with E-state index >= 15 is 0 Å². The molecule has 0 aliphatic carbocycles. The molecule has 0 saturated heterocycles. The minimum Gasteiger partial charge on any atom is -0.591 e. The molecule has 4 nitrogen and oxygen atoms in total. The highest BCUT2D eigenvalue weighted by Crippen LogP contribution is 2.23. The Morgan fingerprint density at radius 3 is 2.64 bits per heavy atom. The lowest BCUT2D eigenvalue weighted by Gasteiger charge is -2.17. The van der Waals surface area contributed by atoms with Gasteiger partial charge in [-0.2, -0.15) is 13.2 Å². The van der Waals surface area contributed by atoms with Gasteiger partial charge in [0.1, 0.15) is 28.9 Å². The van der Waals surface area contributed by atoms with E-state index in [0.29, 0.717) is 16.6 Å². The SMILES string of the molecule is CC(C)(C)[S@@+]([O-])/N=C/c1cc2ccn(CC(F)(F)F)c2cn1. The summed E-state index contributed by atoms with van der Waals surface area (Å²) in [5.74, 6) is 0. The molecule has 8 heteroatoms. The van der Waals surface area contributed by atoms with Crippen LogP contribution in [0.4, 0.5) is 13.2 Å². The summed E-state index contributed by atoms with van der Waals surface area (Å²) in [5.41, 5.74) is 0.848. The van der Waals surface area contributed by atoms with Crippen molar-refractivity contribution in [1.29, 1.82) is 0 Å². The summed E-state index contributed by atoms with van der Waals surface area (Å²) in [6.45, 7) is 4.34. The number of pyridine rings is 1. The summed E-state index contributed by atoms with van der Waals surface area (Å²) in [6.07, 6.45) is -0.173. The predicted molar refractivity (Wildman–Crippen MR) is 81.3 cm³/mol. The van der Waals surface area contributed by atoms with Crippen LogP contribution in [0.3, 0.4) is 0 Å². The van der Waals surface area contributed by atoms with E-state index in [1.807, 2.05) is 0 Å². The van der Waals surface area contributed by atoms with Gasteiger partial charge in [-0.3, -0.25) is 4.98 Å². The smallest absolute Gasteiger partial charge is 0.406 e. The minimum atomic E-state index is -4.28. The highest BCUT2D eigenvalue weighted by molar-refractivity contribution is 7.91. The number of alkyl halides is 3. The van der Waals surface area contributed by atoms with E-state index in [-0.39, 0.29) is 0 Å². The molecule has 120 valence electrons. The second kappa shape index (κ2) is 5.92. The van der Waals surface area contributed by atoms with Crippen molar-refractivity contribution in [3.05, 3.63) is 30.2 Å². The monoisotopic (exact) mass is 331 g/mol. The third kappa shape index (κ3) is 4.23. The molecule has 0 aliphatic heterocycles. The summed E-state index contributed by atoms with van der Waals surface area (Å²) in [6, 6.07) is 3.20. The van der Waals surface area contributed by atoms with Crippen LogP contribution in [0.25, 0.3) is 10.9 Å². The van der Waals surface area contributed by atoms with E-state index in [0.717, 1.165) is 4.57 Å². The normalized spacial score (nSPS) is 14.9. The zero-order valence-corrected chi connectivity index (χ0v) is 13.2. The van der Waals surface area contributed by atoms with E-state index < -0.39 is 28.8 Å². The Balaban J connectivity index is 2.24. The summed E-state index contributed by atoms with van der Waals surface area (Å²) in [7, 11) is 0. The van der Waals surface area contributed by atoms with Gasteiger partial charge in [0, 0.05) is 11.6 Å². The average molecular weight is 331 g/mol. The third-order valence-electron chi connectivity index (χ3n) is 2.83. The van der Waals surface area contributed by atoms with Gasteiger partial charge in [-0.05, 0) is 32.9 Å². The fraction of sp³-hybridized carbons (Fsp3) is 0.429. The molecule has 0 aliphatic rings. The van der Waals surface area contributed by atoms with Crippen LogP contribution < -0.4 is 0 Å². The van der Waals surface area contributed by atoms with Crippen LogP contribution in [-0.4, -0.2) is 31.2 Å². The van der Waals surface area contributed by atoms with Gasteiger partial charge in [-0.1, -0.05) is 4.40 Å². The molecular weight excluding hydrogens is 315 g/mol. The van der Waals surface area contributed by atoms with E-state index in [1.165, 1.54) is 18.6 Å². The molecular formula is C14H16F3N3OS. The molecule has 2 aromatic rings. The predicted octanol–water partition coefficient (Wildman–Crippen LogP) is 3.48. The molecule has 0 unspecified atom stereocenters. The van der Waals surface area contributed by atoms with Crippen LogP contribution in [-0.2, 0) is 17.9 Å². The lowest BCUT2D eigenvalue weighted by molar-refractivity contribution is -0.139. The molecule has 0 aromatic carbocycles. The van der Waals surface area contributed by atoms with Crippen molar-refractivity contribution in [3.63, 3.8) is 0 Å². The van der Waals surface area contributed by atoms with Crippen LogP contribution in [0.5, 0.6) is 0 Å². The van der Waals surface area contributed by atoms with Crippen molar-refractivity contribution in [2.24, 2.45) is 4.40 Å². The maximum atomic E-state index is 12.5. The molecule has 0 spiro atoms. The highest BCUT2D eigenvalue weighted by atomic mass is 32.2. The molecule has 2 heterocycles. The summed E-state index contributed by atoms with van der Waals surface area (Å²) in [5, 5.41) is 0.627. The topological polar surface area (TPSA) is 53.2 Å². The summed E-state index contributed by atoms with van der Waals surface area (Å²) >= 11 is -1.40. The number of aromatic nitrogens is 2. The van der Waals surface area contributed by atoms with Crippen molar-refractivity contribution in [3.8, 4) is 0 Å². The Morgan fingerprint density at radius 2 is 2.05 bits per heavy atom. The number of hydrogen-bond donors (Lipinski definition) is 0. The highest BCUT2D eigenvalue weighted by Gasteiger charge is 2.28. The van der Waals surface area contributed by atoms with E-state index in [1.54, 1.807) is 32.9 Å². The van der Waals surface area contributed by atoms with Gasteiger partial charge >= 0.3 is 6.18 Å². The number of nitrogens with zero attached hydrogens (tertiary/aromatic N) is 3. The third-order valence-corrected chi connectivity index (χ3v) is 4.18. The van der Waals surface area contributed by atoms with E-state index in [4.69, 9.17) is 0 Å². The number of hydrogen-bond acceptors (Lipinski definition) is 3. The van der Waals surface area contributed by atoms with Crippen LogP contribution in [0.2, 0.25) is 0 Å². The van der Waals surface area contributed by atoms with Crippen molar-refractivity contribution in [2.75, 3.05) is 0 Å². The Morgan fingerprint density at radius 1 is 1.36 bits per heavy atom. The van der Waals surface area contributed by atoms with E-state index in [2.05, 4.69) is 9.38 Å². The lowest BCUT2D eigenvalue weighted by Crippen LogP contribution is -2.25. The molecule has 0 amide bonds. The molecule has 0 saturated carbocycles. The zero-order valence-electron chi connectivity index (χ0n) is 12.4. The maximum absolute atomic E-state index is 12.5. The van der Waals surface area contributed by atoms with Crippen molar-refractivity contribution >= 4 is 28.5 Å². The van der Waals surface area contributed by atoms with Gasteiger partial charge in [0.2, 0.25) is 0 Å². The maximum Gasteiger partial charge on any atom is 0.406 e. The lowest BCUT2D eigenvalue weighted by atomic mass is 10.3.